The predicted octanol–water partition coefficient (Wildman–Crippen LogP) is 1.78. The third-order valence-electron chi connectivity index (χ3n) is 3.45. The predicted molar refractivity (Wildman–Crippen MR) is 62.2 cm³/mol. The molecule has 0 amide bonds. The Morgan fingerprint density at radius 3 is 2.38 bits per heavy atom. The van der Waals surface area contributed by atoms with E-state index in [2.05, 4.69) is 0 Å². The van der Waals surface area contributed by atoms with Crippen LogP contribution in [0.3, 0.4) is 0 Å². The molecule has 4 nitrogen and oxygen atoms in total. The molecular formula is C12H23NO3. The maximum atomic E-state index is 11.0. The van der Waals surface area contributed by atoms with E-state index in [9.17, 15) is 4.79 Å². The van der Waals surface area contributed by atoms with Crippen molar-refractivity contribution in [3.63, 3.8) is 0 Å². The second kappa shape index (κ2) is 5.15. The lowest BCUT2D eigenvalue weighted by Gasteiger charge is -2.38. The fraction of sp³-hybridized carbons (Fsp3) is 0.917. The minimum atomic E-state index is -0.834. The van der Waals surface area contributed by atoms with Crippen LogP contribution in [0.4, 0.5) is 0 Å². The summed E-state index contributed by atoms with van der Waals surface area (Å²) in [5.74, 6) is -0.824. The van der Waals surface area contributed by atoms with E-state index in [1.54, 1.807) is 13.8 Å². The first kappa shape index (κ1) is 13.5. The summed E-state index contributed by atoms with van der Waals surface area (Å²) in [6.07, 6.45) is 5.40. The van der Waals surface area contributed by atoms with E-state index in [1.807, 2.05) is 0 Å². The fourth-order valence-corrected chi connectivity index (χ4v) is 2.00. The maximum Gasteiger partial charge on any atom is 0.311 e. The normalized spacial score (nSPS) is 20.7. The molecule has 1 rings (SSSR count). The molecule has 16 heavy (non-hydrogen) atoms. The molecule has 3 N–H and O–H groups in total. The number of rotatable bonds is 5. The fourth-order valence-electron chi connectivity index (χ4n) is 2.00. The van der Waals surface area contributed by atoms with Crippen LogP contribution in [0.25, 0.3) is 0 Å². The molecular weight excluding hydrogens is 206 g/mol. The van der Waals surface area contributed by atoms with Gasteiger partial charge in [0.05, 0.1) is 17.6 Å². The second-order valence-corrected chi connectivity index (χ2v) is 5.43. The number of nitrogens with two attached hydrogens (primary N) is 1. The lowest BCUT2D eigenvalue weighted by molar-refractivity contribution is -0.157. The summed E-state index contributed by atoms with van der Waals surface area (Å²) in [7, 11) is 0. The Morgan fingerprint density at radius 2 is 1.94 bits per heavy atom. The second-order valence-electron chi connectivity index (χ2n) is 5.43. The Kier molecular flexibility index (Phi) is 4.33. The van der Waals surface area contributed by atoms with Crippen molar-refractivity contribution in [3.05, 3.63) is 0 Å². The molecule has 0 heterocycles. The number of hydrogen-bond acceptors (Lipinski definition) is 3. The molecule has 94 valence electrons. The summed E-state index contributed by atoms with van der Waals surface area (Å²) in [4.78, 5) is 11.0. The summed E-state index contributed by atoms with van der Waals surface area (Å²) < 4.78 is 5.84. The van der Waals surface area contributed by atoms with Crippen molar-refractivity contribution in [1.82, 2.24) is 0 Å². The van der Waals surface area contributed by atoms with Gasteiger partial charge in [-0.25, -0.2) is 0 Å². The highest BCUT2D eigenvalue weighted by Crippen LogP contribution is 2.32. The first-order valence-electron chi connectivity index (χ1n) is 5.99. The quantitative estimate of drug-likeness (QED) is 0.753. The van der Waals surface area contributed by atoms with Gasteiger partial charge >= 0.3 is 5.97 Å². The Hall–Kier alpha value is -0.610. The number of carbonyl (C=O) groups is 1. The van der Waals surface area contributed by atoms with Gasteiger partial charge in [0.15, 0.2) is 0 Å². The van der Waals surface area contributed by atoms with E-state index in [0.717, 1.165) is 25.7 Å². The number of carboxylic acids is 1. The van der Waals surface area contributed by atoms with Gasteiger partial charge in [-0.2, -0.15) is 0 Å². The smallest absolute Gasteiger partial charge is 0.311 e. The van der Waals surface area contributed by atoms with Gasteiger partial charge in [-0.1, -0.05) is 19.3 Å². The minimum Gasteiger partial charge on any atom is -0.481 e. The van der Waals surface area contributed by atoms with Gasteiger partial charge in [-0.15, -0.1) is 0 Å². The van der Waals surface area contributed by atoms with Crippen LogP contribution in [0.15, 0.2) is 0 Å². The zero-order chi connectivity index (χ0) is 12.2. The van der Waals surface area contributed by atoms with Gasteiger partial charge < -0.3 is 15.6 Å². The lowest BCUT2D eigenvalue weighted by atomic mass is 9.84. The number of ether oxygens (including phenoxy) is 1. The molecule has 0 atom stereocenters. The highest BCUT2D eigenvalue weighted by Gasteiger charge is 2.36. The van der Waals surface area contributed by atoms with Crippen molar-refractivity contribution in [2.75, 3.05) is 13.2 Å². The molecule has 0 radical (unpaired) electrons. The molecule has 1 aliphatic carbocycles. The topological polar surface area (TPSA) is 72.5 Å². The Bertz CT molecular complexity index is 245. The molecule has 0 spiro atoms. The third-order valence-corrected chi connectivity index (χ3v) is 3.45. The monoisotopic (exact) mass is 229 g/mol. The number of hydrogen-bond donors (Lipinski definition) is 2. The Morgan fingerprint density at radius 1 is 1.38 bits per heavy atom. The molecule has 0 saturated heterocycles. The molecule has 0 aromatic heterocycles. The van der Waals surface area contributed by atoms with Crippen LogP contribution < -0.4 is 5.73 Å². The average Bonchev–Trinajstić information content (AvgIpc) is 2.28. The highest BCUT2D eigenvalue weighted by atomic mass is 16.5. The largest absolute Gasteiger partial charge is 0.481 e. The van der Waals surface area contributed by atoms with Crippen molar-refractivity contribution in [1.29, 1.82) is 0 Å². The van der Waals surface area contributed by atoms with Crippen LogP contribution in [0, 0.1) is 5.41 Å². The van der Waals surface area contributed by atoms with Gasteiger partial charge in [-0.3, -0.25) is 4.79 Å². The van der Waals surface area contributed by atoms with E-state index in [0.29, 0.717) is 6.54 Å². The van der Waals surface area contributed by atoms with E-state index in [4.69, 9.17) is 15.6 Å². The first-order chi connectivity index (χ1) is 7.42. The van der Waals surface area contributed by atoms with Crippen molar-refractivity contribution >= 4 is 5.97 Å². The van der Waals surface area contributed by atoms with Crippen LogP contribution in [-0.4, -0.2) is 29.8 Å². The molecule has 0 aromatic carbocycles. The summed E-state index contributed by atoms with van der Waals surface area (Å²) in [5, 5.41) is 9.02. The van der Waals surface area contributed by atoms with Gasteiger partial charge in [0.1, 0.15) is 0 Å². The Balaban J connectivity index is 2.54. The van der Waals surface area contributed by atoms with Crippen LogP contribution >= 0.6 is 0 Å². The molecule has 1 saturated carbocycles. The van der Waals surface area contributed by atoms with Crippen LogP contribution in [0.1, 0.15) is 46.0 Å². The first-order valence-corrected chi connectivity index (χ1v) is 5.99. The molecule has 1 fully saturated rings. The Labute approximate surface area is 97.2 Å². The van der Waals surface area contributed by atoms with Gasteiger partial charge in [0, 0.05) is 6.54 Å². The van der Waals surface area contributed by atoms with E-state index < -0.39 is 11.4 Å². The van der Waals surface area contributed by atoms with Crippen molar-refractivity contribution in [2.45, 2.75) is 51.6 Å². The molecule has 1 aliphatic rings. The standard InChI is InChI=1S/C12H23NO3/c1-11(2,10(14)15)9-16-12(8-13)6-4-3-5-7-12/h3-9,13H2,1-2H3,(H,14,15). The van der Waals surface area contributed by atoms with E-state index in [-0.39, 0.29) is 12.2 Å². The van der Waals surface area contributed by atoms with E-state index >= 15 is 0 Å². The van der Waals surface area contributed by atoms with Crippen LogP contribution in [0.5, 0.6) is 0 Å². The zero-order valence-electron chi connectivity index (χ0n) is 10.3. The summed E-state index contributed by atoms with van der Waals surface area (Å²) >= 11 is 0. The average molecular weight is 229 g/mol. The van der Waals surface area contributed by atoms with Gasteiger partial charge in [0.25, 0.3) is 0 Å². The van der Waals surface area contributed by atoms with Crippen molar-refractivity contribution in [2.24, 2.45) is 11.1 Å². The van der Waals surface area contributed by atoms with Crippen molar-refractivity contribution in [3.8, 4) is 0 Å². The molecule has 0 unspecified atom stereocenters. The highest BCUT2D eigenvalue weighted by molar-refractivity contribution is 5.73. The third kappa shape index (κ3) is 3.19. The van der Waals surface area contributed by atoms with Crippen molar-refractivity contribution < 1.29 is 14.6 Å². The SMILES string of the molecule is CC(C)(COC1(CN)CCCCC1)C(=O)O. The van der Waals surface area contributed by atoms with E-state index in [1.165, 1.54) is 6.42 Å². The molecule has 4 heteroatoms. The van der Waals surface area contributed by atoms with Crippen LogP contribution in [0.2, 0.25) is 0 Å². The zero-order valence-corrected chi connectivity index (χ0v) is 10.3. The number of aliphatic carboxylic acids is 1. The summed E-state index contributed by atoms with van der Waals surface area (Å²) in [5.41, 5.74) is 4.66. The lowest BCUT2D eigenvalue weighted by Crippen LogP contribution is -2.45. The van der Waals surface area contributed by atoms with Gasteiger partial charge in [0.2, 0.25) is 0 Å². The molecule has 0 aromatic rings. The molecule has 0 bridgehead atoms. The summed E-state index contributed by atoms with van der Waals surface area (Å²) in [6.45, 7) is 4.09. The maximum absolute atomic E-state index is 11.0. The number of carboxylic acid groups (broad SMARTS) is 1. The van der Waals surface area contributed by atoms with Gasteiger partial charge in [-0.05, 0) is 26.7 Å². The molecule has 0 aliphatic heterocycles. The minimum absolute atomic E-state index is 0.236. The summed E-state index contributed by atoms with van der Waals surface area (Å²) in [6, 6.07) is 0. The van der Waals surface area contributed by atoms with Crippen LogP contribution in [-0.2, 0) is 9.53 Å².